The highest BCUT2D eigenvalue weighted by Crippen LogP contribution is 2.37. The minimum Gasteiger partial charge on any atom is -0.494 e. The number of nitrogens with zero attached hydrogens (tertiary/aromatic N) is 3. The van der Waals surface area contributed by atoms with Gasteiger partial charge in [-0.2, -0.15) is 0 Å². The highest BCUT2D eigenvalue weighted by atomic mass is 16.6. The fraction of sp³-hybridized carbons (Fsp3) is 0.0370. The second kappa shape index (κ2) is 8.63. The average molecular weight is 449 g/mol. The summed E-state index contributed by atoms with van der Waals surface area (Å²) in [4.78, 5) is 30.6. The van der Waals surface area contributed by atoms with E-state index >= 15 is 0 Å². The number of nitro benzene ring substituents is 1. The number of hydrogen-bond acceptors (Lipinski definition) is 5. The summed E-state index contributed by atoms with van der Waals surface area (Å²) in [6.45, 7) is 0. The van der Waals surface area contributed by atoms with E-state index < -0.39 is 4.92 Å². The fourth-order valence-corrected chi connectivity index (χ4v) is 4.01. The molecule has 0 radical (unpaired) electrons. The van der Waals surface area contributed by atoms with E-state index in [-0.39, 0.29) is 23.0 Å². The lowest BCUT2D eigenvalue weighted by Gasteiger charge is -2.20. The molecule has 1 heterocycles. The van der Waals surface area contributed by atoms with Crippen LogP contribution in [0.15, 0.2) is 102 Å². The number of amides is 1. The first kappa shape index (κ1) is 21.1. The number of hydrogen-bond donors (Lipinski definition) is 0. The zero-order chi connectivity index (χ0) is 23.7. The number of carbonyl (C=O) groups is 1. The molecule has 0 saturated carbocycles. The first-order valence-electron chi connectivity index (χ1n) is 10.6. The smallest absolute Gasteiger partial charge is 0.282 e. The molecule has 0 atom stereocenters. The summed E-state index contributed by atoms with van der Waals surface area (Å²) in [6.07, 6.45) is 1.77. The minimum absolute atomic E-state index is 0.128. The summed E-state index contributed by atoms with van der Waals surface area (Å²) >= 11 is 0. The number of aliphatic imine (C=N–C) groups is 1. The van der Waals surface area contributed by atoms with Gasteiger partial charge in [0.1, 0.15) is 17.3 Å². The summed E-state index contributed by atoms with van der Waals surface area (Å²) in [6, 6.07) is 27.3. The quantitative estimate of drug-likeness (QED) is 0.226. The lowest BCUT2D eigenvalue weighted by Crippen LogP contribution is -2.33. The topological polar surface area (TPSA) is 85.0 Å². The molecule has 4 aromatic carbocycles. The van der Waals surface area contributed by atoms with E-state index in [1.54, 1.807) is 6.08 Å². The monoisotopic (exact) mass is 449 g/mol. The predicted molar refractivity (Wildman–Crippen MR) is 132 cm³/mol. The number of fused-ring (bicyclic) bond motifs is 1. The third-order valence-corrected chi connectivity index (χ3v) is 5.62. The van der Waals surface area contributed by atoms with Gasteiger partial charge in [-0.1, -0.05) is 72.8 Å². The maximum Gasteiger partial charge on any atom is 0.282 e. The van der Waals surface area contributed by atoms with Gasteiger partial charge in [-0.05, 0) is 28.5 Å². The maximum absolute atomic E-state index is 13.7. The van der Waals surface area contributed by atoms with E-state index in [0.29, 0.717) is 11.5 Å². The SMILES string of the molecule is COc1cc([N+](=O)[O-])ccc1N1C(=O)C(=Cc2cccc3ccccc23)N=C1c1ccccc1. The molecule has 166 valence electrons. The molecule has 1 aliphatic heterocycles. The van der Waals surface area contributed by atoms with Gasteiger partial charge < -0.3 is 4.74 Å². The second-order valence-corrected chi connectivity index (χ2v) is 7.65. The fourth-order valence-electron chi connectivity index (χ4n) is 4.01. The van der Waals surface area contributed by atoms with Gasteiger partial charge in [-0.3, -0.25) is 19.8 Å². The molecular formula is C27H19N3O4. The number of amidine groups is 1. The largest absolute Gasteiger partial charge is 0.494 e. The van der Waals surface area contributed by atoms with Crippen molar-refractivity contribution in [3.63, 3.8) is 0 Å². The number of methoxy groups -OCH3 is 1. The number of nitro groups is 1. The molecule has 0 fully saturated rings. The Bertz CT molecular complexity index is 1490. The van der Waals surface area contributed by atoms with Crippen molar-refractivity contribution in [3.05, 3.63) is 118 Å². The Hall–Kier alpha value is -4.78. The Morgan fingerprint density at radius 1 is 0.941 bits per heavy atom. The summed E-state index contributed by atoms with van der Waals surface area (Å²) in [5, 5.41) is 13.3. The minimum atomic E-state index is -0.504. The number of carbonyl (C=O) groups excluding carboxylic acids is 1. The molecule has 0 saturated heterocycles. The Labute approximate surface area is 195 Å². The Kier molecular flexibility index (Phi) is 5.35. The lowest BCUT2D eigenvalue weighted by atomic mass is 10.0. The molecule has 7 heteroatoms. The molecule has 4 aromatic rings. The van der Waals surface area contributed by atoms with E-state index in [1.807, 2.05) is 72.8 Å². The number of non-ortho nitro benzene ring substituents is 1. The molecule has 5 rings (SSSR count). The van der Waals surface area contributed by atoms with Crippen molar-refractivity contribution >= 4 is 40.0 Å². The second-order valence-electron chi connectivity index (χ2n) is 7.65. The predicted octanol–water partition coefficient (Wildman–Crippen LogP) is 5.59. The Morgan fingerprint density at radius 2 is 1.68 bits per heavy atom. The summed E-state index contributed by atoms with van der Waals surface area (Å²) in [5.41, 5.74) is 2.11. The van der Waals surface area contributed by atoms with Crippen molar-refractivity contribution < 1.29 is 14.5 Å². The number of rotatable bonds is 5. The number of benzene rings is 4. The molecule has 1 aliphatic rings. The molecule has 0 aromatic heterocycles. The lowest BCUT2D eigenvalue weighted by molar-refractivity contribution is -0.384. The Balaban J connectivity index is 1.67. The van der Waals surface area contributed by atoms with Crippen LogP contribution in [0.3, 0.4) is 0 Å². The van der Waals surface area contributed by atoms with Crippen LogP contribution in [-0.2, 0) is 4.79 Å². The molecule has 7 nitrogen and oxygen atoms in total. The van der Waals surface area contributed by atoms with Crippen LogP contribution in [0.5, 0.6) is 5.75 Å². The van der Waals surface area contributed by atoms with E-state index in [1.165, 1.54) is 30.2 Å². The molecule has 0 unspecified atom stereocenters. The van der Waals surface area contributed by atoms with Crippen molar-refractivity contribution in [2.45, 2.75) is 0 Å². The van der Waals surface area contributed by atoms with Crippen LogP contribution in [0, 0.1) is 10.1 Å². The van der Waals surface area contributed by atoms with Crippen LogP contribution in [0.1, 0.15) is 11.1 Å². The van der Waals surface area contributed by atoms with Gasteiger partial charge in [0, 0.05) is 11.6 Å². The maximum atomic E-state index is 13.7. The number of anilines is 1. The molecular weight excluding hydrogens is 430 g/mol. The third-order valence-electron chi connectivity index (χ3n) is 5.62. The molecule has 0 aliphatic carbocycles. The standard InChI is InChI=1S/C27H19N3O4/c1-34-25-17-21(30(32)33)14-15-24(25)29-26(19-9-3-2-4-10-19)28-23(27(29)31)16-20-12-7-11-18-8-5-6-13-22(18)20/h2-17H,1H3. The zero-order valence-corrected chi connectivity index (χ0v) is 18.2. The first-order chi connectivity index (χ1) is 16.6. The van der Waals surface area contributed by atoms with Crippen molar-refractivity contribution in [1.82, 2.24) is 0 Å². The highest BCUT2D eigenvalue weighted by Gasteiger charge is 2.34. The van der Waals surface area contributed by atoms with E-state index in [4.69, 9.17) is 9.73 Å². The summed E-state index contributed by atoms with van der Waals surface area (Å²) in [5.74, 6) is 0.278. The number of ether oxygens (including phenoxy) is 1. The molecule has 1 amide bonds. The highest BCUT2D eigenvalue weighted by molar-refractivity contribution is 6.33. The van der Waals surface area contributed by atoms with Gasteiger partial charge >= 0.3 is 0 Å². The average Bonchev–Trinajstić information content (AvgIpc) is 3.19. The van der Waals surface area contributed by atoms with Gasteiger partial charge in [-0.25, -0.2) is 4.99 Å². The molecule has 0 spiro atoms. The van der Waals surface area contributed by atoms with Crippen LogP contribution in [0.25, 0.3) is 16.8 Å². The van der Waals surface area contributed by atoms with E-state index in [9.17, 15) is 14.9 Å². The van der Waals surface area contributed by atoms with E-state index in [2.05, 4.69) is 0 Å². The zero-order valence-electron chi connectivity index (χ0n) is 18.2. The van der Waals surface area contributed by atoms with Gasteiger partial charge in [0.25, 0.3) is 11.6 Å². The third kappa shape index (κ3) is 3.69. The van der Waals surface area contributed by atoms with Crippen molar-refractivity contribution in [2.24, 2.45) is 4.99 Å². The summed E-state index contributed by atoms with van der Waals surface area (Å²) < 4.78 is 5.42. The van der Waals surface area contributed by atoms with Crippen molar-refractivity contribution in [1.29, 1.82) is 0 Å². The molecule has 0 bridgehead atoms. The van der Waals surface area contributed by atoms with Gasteiger partial charge in [0.15, 0.2) is 0 Å². The van der Waals surface area contributed by atoms with E-state index in [0.717, 1.165) is 21.9 Å². The van der Waals surface area contributed by atoms with Crippen LogP contribution in [-0.4, -0.2) is 23.8 Å². The van der Waals surface area contributed by atoms with Gasteiger partial charge in [0.2, 0.25) is 0 Å². The van der Waals surface area contributed by atoms with Gasteiger partial charge in [0.05, 0.1) is 23.8 Å². The van der Waals surface area contributed by atoms with Crippen LogP contribution in [0.2, 0.25) is 0 Å². The van der Waals surface area contributed by atoms with Crippen LogP contribution >= 0.6 is 0 Å². The summed E-state index contributed by atoms with van der Waals surface area (Å²) in [7, 11) is 1.41. The molecule has 0 N–H and O–H groups in total. The van der Waals surface area contributed by atoms with Crippen LogP contribution < -0.4 is 9.64 Å². The van der Waals surface area contributed by atoms with Crippen molar-refractivity contribution in [2.75, 3.05) is 12.0 Å². The molecule has 34 heavy (non-hydrogen) atoms. The Morgan fingerprint density at radius 3 is 2.44 bits per heavy atom. The first-order valence-corrected chi connectivity index (χ1v) is 10.6. The van der Waals surface area contributed by atoms with Crippen LogP contribution in [0.4, 0.5) is 11.4 Å². The van der Waals surface area contributed by atoms with Gasteiger partial charge in [-0.15, -0.1) is 0 Å². The normalized spacial score (nSPS) is 14.5. The van der Waals surface area contributed by atoms with Crippen molar-refractivity contribution in [3.8, 4) is 5.75 Å².